The molecule has 0 saturated heterocycles. The number of carbonyl (C=O) groups is 1. The molecule has 0 amide bonds. The van der Waals surface area contributed by atoms with Crippen LogP contribution >= 0.6 is 0 Å². The van der Waals surface area contributed by atoms with Gasteiger partial charge in [-0.25, -0.2) is 13.2 Å². The lowest BCUT2D eigenvalue weighted by molar-refractivity contribution is 0.0595. The van der Waals surface area contributed by atoms with Crippen molar-refractivity contribution in [3.05, 3.63) is 29.3 Å². The number of rotatable bonds is 9. The second-order valence-corrected chi connectivity index (χ2v) is 10.1. The fourth-order valence-corrected chi connectivity index (χ4v) is 4.26. The molecule has 1 atom stereocenters. The quantitative estimate of drug-likeness (QED) is 0.509. The van der Waals surface area contributed by atoms with Crippen LogP contribution in [0.25, 0.3) is 0 Å². The third-order valence-corrected chi connectivity index (χ3v) is 6.64. The molecule has 0 radical (unpaired) electrons. The molecule has 0 aliphatic carbocycles. The Morgan fingerprint density at radius 3 is 2.70 bits per heavy atom. The second-order valence-electron chi connectivity index (χ2n) is 7.61. The first-order valence-corrected chi connectivity index (χ1v) is 11.3. The van der Waals surface area contributed by atoms with Crippen LogP contribution in [0.1, 0.15) is 68.4 Å². The number of nitrogens with one attached hydrogen (secondary N) is 1. The first kappa shape index (κ1) is 21.7. The maximum Gasteiger partial charge on any atom is 0.337 e. The lowest BCUT2D eigenvalue weighted by Gasteiger charge is -2.38. The Kier molecular flexibility index (Phi) is 7.28. The summed E-state index contributed by atoms with van der Waals surface area (Å²) < 4.78 is 33.9. The van der Waals surface area contributed by atoms with E-state index in [2.05, 4.69) is 19.2 Å². The van der Waals surface area contributed by atoms with E-state index in [1.54, 1.807) is 13.0 Å². The lowest BCUT2D eigenvalue weighted by atomic mass is 9.88. The van der Waals surface area contributed by atoms with Crippen LogP contribution in [0, 0.1) is 0 Å². The van der Waals surface area contributed by atoms with Crippen molar-refractivity contribution in [2.75, 3.05) is 25.2 Å². The molecule has 1 aliphatic heterocycles. The number of hydrogen-bond donors (Lipinski definition) is 1. The number of fused-ring (bicyclic) bond motifs is 1. The average Bonchev–Trinajstić information content (AvgIpc) is 2.62. The molecular formula is C20H31NO5S. The van der Waals surface area contributed by atoms with Crippen molar-refractivity contribution in [3.63, 3.8) is 0 Å². The summed E-state index contributed by atoms with van der Waals surface area (Å²) in [7, 11) is -1.51. The van der Waals surface area contributed by atoms with Crippen molar-refractivity contribution in [2.24, 2.45) is 0 Å². The Morgan fingerprint density at radius 2 is 2.04 bits per heavy atom. The topological polar surface area (TPSA) is 81.7 Å². The Bertz CT molecular complexity index is 758. The van der Waals surface area contributed by atoms with Crippen LogP contribution in [0.5, 0.6) is 5.75 Å². The van der Waals surface area contributed by atoms with Gasteiger partial charge in [-0.3, -0.25) is 0 Å². The summed E-state index contributed by atoms with van der Waals surface area (Å²) in [5.74, 6) is 0.893. The summed E-state index contributed by atoms with van der Waals surface area (Å²) in [6, 6.07) is 5.46. The van der Waals surface area contributed by atoms with Gasteiger partial charge in [0.15, 0.2) is 0 Å². The maximum absolute atomic E-state index is 11.8. The number of hydrogen-bond acceptors (Lipinski definition) is 6. The number of unbranched alkanes of at least 4 members (excludes halogenated alkanes) is 2. The maximum atomic E-state index is 11.8. The molecule has 0 fully saturated rings. The second kappa shape index (κ2) is 9.06. The monoisotopic (exact) mass is 397 g/mol. The van der Waals surface area contributed by atoms with Crippen molar-refractivity contribution in [1.29, 1.82) is 0 Å². The van der Waals surface area contributed by atoms with Gasteiger partial charge in [0.1, 0.15) is 21.2 Å². The lowest BCUT2D eigenvalue weighted by Crippen LogP contribution is -2.39. The van der Waals surface area contributed by atoms with Gasteiger partial charge in [0.25, 0.3) is 0 Å². The van der Waals surface area contributed by atoms with Crippen LogP contribution in [0.4, 0.5) is 0 Å². The Hall–Kier alpha value is -1.60. The summed E-state index contributed by atoms with van der Waals surface area (Å²) in [5, 5.41) is 3.55. The zero-order valence-corrected chi connectivity index (χ0v) is 17.5. The van der Waals surface area contributed by atoms with E-state index in [4.69, 9.17) is 9.47 Å². The van der Waals surface area contributed by atoms with Gasteiger partial charge in [0.2, 0.25) is 0 Å². The van der Waals surface area contributed by atoms with Gasteiger partial charge in [-0.1, -0.05) is 13.3 Å². The largest absolute Gasteiger partial charge is 0.487 e. The highest BCUT2D eigenvalue weighted by atomic mass is 32.2. The molecule has 1 N–H and O–H groups in total. The van der Waals surface area contributed by atoms with Crippen LogP contribution in [0.2, 0.25) is 0 Å². The zero-order chi connectivity index (χ0) is 20.1. The van der Waals surface area contributed by atoms with Crippen molar-refractivity contribution in [2.45, 2.75) is 58.1 Å². The molecule has 0 saturated carbocycles. The molecule has 1 heterocycles. The summed E-state index contributed by atoms with van der Waals surface area (Å²) in [6.45, 7) is 6.57. The fourth-order valence-electron chi connectivity index (χ4n) is 3.33. The molecule has 0 aromatic heterocycles. The number of esters is 1. The molecule has 1 aromatic carbocycles. The van der Waals surface area contributed by atoms with Crippen molar-refractivity contribution in [3.8, 4) is 5.75 Å². The van der Waals surface area contributed by atoms with Crippen LogP contribution in [0.3, 0.4) is 0 Å². The van der Waals surface area contributed by atoms with Gasteiger partial charge in [0.05, 0.1) is 18.4 Å². The highest BCUT2D eigenvalue weighted by molar-refractivity contribution is 7.91. The minimum Gasteiger partial charge on any atom is -0.487 e. The van der Waals surface area contributed by atoms with Crippen molar-refractivity contribution in [1.82, 2.24) is 5.32 Å². The van der Waals surface area contributed by atoms with Crippen molar-refractivity contribution >= 4 is 15.8 Å². The number of methoxy groups -OCH3 is 1. The SMILES string of the molecule is CCS(=O)(=O)CCCCCNC1CC(C)(C)Oc2ccc(C(=O)OC)cc21. The van der Waals surface area contributed by atoms with Gasteiger partial charge in [0, 0.05) is 23.8 Å². The van der Waals surface area contributed by atoms with E-state index in [1.165, 1.54) is 7.11 Å². The predicted molar refractivity (Wildman–Crippen MR) is 106 cm³/mol. The smallest absolute Gasteiger partial charge is 0.337 e. The summed E-state index contributed by atoms with van der Waals surface area (Å²) >= 11 is 0. The molecule has 27 heavy (non-hydrogen) atoms. The van der Waals surface area contributed by atoms with E-state index in [1.807, 2.05) is 12.1 Å². The van der Waals surface area contributed by atoms with Gasteiger partial charge in [-0.15, -0.1) is 0 Å². The molecule has 7 heteroatoms. The zero-order valence-electron chi connectivity index (χ0n) is 16.7. The average molecular weight is 398 g/mol. The molecular weight excluding hydrogens is 366 g/mol. The predicted octanol–water partition coefficient (Wildman–Crippen LogP) is 3.27. The summed E-state index contributed by atoms with van der Waals surface area (Å²) in [6.07, 6.45) is 3.26. The Labute approximate surface area is 162 Å². The standard InChI is InChI=1S/C20H31NO5S/c1-5-27(23,24)12-8-6-7-11-21-17-14-20(2,3)26-18-10-9-15(13-16(17)18)19(22)25-4/h9-10,13,17,21H,5-8,11-12,14H2,1-4H3. The van der Waals surface area contributed by atoms with Crippen molar-refractivity contribution < 1.29 is 22.7 Å². The third kappa shape index (κ3) is 6.21. The van der Waals surface area contributed by atoms with Crippen LogP contribution < -0.4 is 10.1 Å². The van der Waals surface area contributed by atoms with Gasteiger partial charge in [-0.05, 0) is 51.4 Å². The van der Waals surface area contributed by atoms with E-state index in [9.17, 15) is 13.2 Å². The number of ether oxygens (including phenoxy) is 2. The third-order valence-electron chi connectivity index (χ3n) is 4.85. The van der Waals surface area contributed by atoms with E-state index in [-0.39, 0.29) is 29.1 Å². The molecule has 6 nitrogen and oxygen atoms in total. The van der Waals surface area contributed by atoms with Crippen LogP contribution in [0.15, 0.2) is 18.2 Å². The normalized spacial score (nSPS) is 18.4. The van der Waals surface area contributed by atoms with Crippen LogP contribution in [-0.4, -0.2) is 45.1 Å². The van der Waals surface area contributed by atoms with Gasteiger partial charge >= 0.3 is 5.97 Å². The first-order valence-electron chi connectivity index (χ1n) is 9.52. The molecule has 1 aromatic rings. The van der Waals surface area contributed by atoms with Gasteiger partial charge < -0.3 is 14.8 Å². The van der Waals surface area contributed by atoms with E-state index in [0.717, 1.165) is 37.1 Å². The molecule has 1 aliphatic rings. The van der Waals surface area contributed by atoms with E-state index in [0.29, 0.717) is 12.0 Å². The highest BCUT2D eigenvalue weighted by Gasteiger charge is 2.34. The molecule has 152 valence electrons. The number of benzene rings is 1. The number of carbonyl (C=O) groups excluding carboxylic acids is 1. The van der Waals surface area contributed by atoms with Gasteiger partial charge in [-0.2, -0.15) is 0 Å². The summed E-state index contributed by atoms with van der Waals surface area (Å²) in [4.78, 5) is 11.8. The minimum absolute atomic E-state index is 0.0766. The van der Waals surface area contributed by atoms with E-state index < -0.39 is 9.84 Å². The molecule has 2 rings (SSSR count). The summed E-state index contributed by atoms with van der Waals surface area (Å²) in [5.41, 5.74) is 1.18. The number of sulfone groups is 1. The fraction of sp³-hybridized carbons (Fsp3) is 0.650. The van der Waals surface area contributed by atoms with E-state index >= 15 is 0 Å². The molecule has 1 unspecified atom stereocenters. The first-order chi connectivity index (χ1) is 12.7. The Morgan fingerprint density at radius 1 is 1.30 bits per heavy atom. The Balaban J connectivity index is 1.97. The molecule has 0 spiro atoms. The highest BCUT2D eigenvalue weighted by Crippen LogP contribution is 2.40. The minimum atomic E-state index is -2.88. The van der Waals surface area contributed by atoms with Crippen LogP contribution in [-0.2, 0) is 14.6 Å². The molecule has 0 bridgehead atoms.